The fraction of sp³-hybridized carbons (Fsp3) is 0.0667. The normalized spacial score (nSPS) is 11.0. The predicted octanol–water partition coefficient (Wildman–Crippen LogP) is 2.78. The molecule has 6 heteroatoms. The first-order valence-corrected chi connectivity index (χ1v) is 7.13. The van der Waals surface area contributed by atoms with Crippen LogP contribution in [0.1, 0.15) is 15.9 Å². The third-order valence-corrected chi connectivity index (χ3v) is 3.41. The number of amidine groups is 1. The summed E-state index contributed by atoms with van der Waals surface area (Å²) in [6, 6.07) is 13.9. The summed E-state index contributed by atoms with van der Waals surface area (Å²) < 4.78 is 6.08. The molecule has 2 rings (SSSR count). The van der Waals surface area contributed by atoms with Crippen LogP contribution in [0.15, 0.2) is 53.7 Å². The zero-order valence-electron chi connectivity index (χ0n) is 11.2. The van der Waals surface area contributed by atoms with Crippen molar-refractivity contribution in [2.75, 3.05) is 7.11 Å². The van der Waals surface area contributed by atoms with Gasteiger partial charge in [0.2, 0.25) is 0 Å². The van der Waals surface area contributed by atoms with Gasteiger partial charge >= 0.3 is 5.97 Å². The molecule has 0 aromatic heterocycles. The number of carbonyl (C=O) groups is 1. The molecule has 0 fully saturated rings. The van der Waals surface area contributed by atoms with Gasteiger partial charge in [-0.1, -0.05) is 5.16 Å². The largest absolute Gasteiger partial charge is 0.497 e. The lowest BCUT2D eigenvalue weighted by Crippen LogP contribution is -2.15. The number of hydrogen-bond acceptors (Lipinski definition) is 4. The van der Waals surface area contributed by atoms with Gasteiger partial charge in [-0.3, -0.25) is 0 Å². The van der Waals surface area contributed by atoms with Crippen LogP contribution in [0.5, 0.6) is 5.75 Å². The van der Waals surface area contributed by atoms with Crippen molar-refractivity contribution in [1.29, 1.82) is 0 Å². The molecule has 0 radical (unpaired) electrons. The highest BCUT2D eigenvalue weighted by molar-refractivity contribution is 14.1. The van der Waals surface area contributed by atoms with E-state index in [0.29, 0.717) is 16.9 Å². The summed E-state index contributed by atoms with van der Waals surface area (Å²) in [5.41, 5.74) is 6.83. The van der Waals surface area contributed by atoms with Crippen molar-refractivity contribution in [1.82, 2.24) is 0 Å². The molecule has 2 N–H and O–H groups in total. The number of methoxy groups -OCH3 is 1. The van der Waals surface area contributed by atoms with Gasteiger partial charge in [-0.25, -0.2) is 4.79 Å². The Morgan fingerprint density at radius 2 is 1.62 bits per heavy atom. The fourth-order valence-corrected chi connectivity index (χ4v) is 1.90. The molecular weight excluding hydrogens is 383 g/mol. The van der Waals surface area contributed by atoms with E-state index in [2.05, 4.69) is 27.7 Å². The summed E-state index contributed by atoms with van der Waals surface area (Å²) in [6.45, 7) is 0. The molecule has 0 aliphatic rings. The van der Waals surface area contributed by atoms with Crippen LogP contribution in [-0.4, -0.2) is 18.9 Å². The van der Waals surface area contributed by atoms with E-state index in [0.717, 1.165) is 3.57 Å². The van der Waals surface area contributed by atoms with E-state index in [4.69, 9.17) is 15.3 Å². The van der Waals surface area contributed by atoms with Gasteiger partial charge in [-0.2, -0.15) is 0 Å². The van der Waals surface area contributed by atoms with Crippen LogP contribution in [0.2, 0.25) is 0 Å². The predicted molar refractivity (Wildman–Crippen MR) is 88.3 cm³/mol. The first kappa shape index (κ1) is 15.3. The lowest BCUT2D eigenvalue weighted by Gasteiger charge is -2.03. The number of oxime groups is 1. The quantitative estimate of drug-likeness (QED) is 0.284. The molecule has 0 spiro atoms. The van der Waals surface area contributed by atoms with Gasteiger partial charge in [0.25, 0.3) is 0 Å². The molecule has 2 aromatic carbocycles. The van der Waals surface area contributed by atoms with E-state index < -0.39 is 5.97 Å². The van der Waals surface area contributed by atoms with Gasteiger partial charge in [-0.15, -0.1) is 0 Å². The smallest absolute Gasteiger partial charge is 0.365 e. The topological polar surface area (TPSA) is 73.9 Å². The minimum Gasteiger partial charge on any atom is -0.497 e. The highest BCUT2D eigenvalue weighted by Gasteiger charge is 2.07. The molecule has 0 amide bonds. The van der Waals surface area contributed by atoms with Crippen LogP contribution in [-0.2, 0) is 4.84 Å². The Bertz CT molecular complexity index is 652. The minimum absolute atomic E-state index is 0.122. The van der Waals surface area contributed by atoms with Gasteiger partial charge in [-0.05, 0) is 71.1 Å². The Kier molecular flexibility index (Phi) is 5.15. The van der Waals surface area contributed by atoms with E-state index in [1.807, 2.05) is 12.1 Å². The zero-order valence-corrected chi connectivity index (χ0v) is 13.4. The Hall–Kier alpha value is -2.09. The number of carbonyl (C=O) groups excluding carboxylic acids is 1. The highest BCUT2D eigenvalue weighted by atomic mass is 127. The second-order valence-corrected chi connectivity index (χ2v) is 5.34. The number of rotatable bonds is 4. The number of hydrogen-bond donors (Lipinski definition) is 1. The van der Waals surface area contributed by atoms with Crippen LogP contribution < -0.4 is 10.5 Å². The average Bonchev–Trinajstić information content (AvgIpc) is 2.53. The Morgan fingerprint density at radius 1 is 1.05 bits per heavy atom. The number of nitrogens with zero attached hydrogens (tertiary/aromatic N) is 1. The van der Waals surface area contributed by atoms with Crippen molar-refractivity contribution in [3.8, 4) is 5.75 Å². The summed E-state index contributed by atoms with van der Waals surface area (Å²) in [5.74, 6) is 0.279. The number of ether oxygens (including phenoxy) is 1. The van der Waals surface area contributed by atoms with Crippen LogP contribution in [0.4, 0.5) is 0 Å². The summed E-state index contributed by atoms with van der Waals surface area (Å²) in [7, 11) is 1.58. The maximum absolute atomic E-state index is 11.8. The monoisotopic (exact) mass is 396 g/mol. The molecule has 2 aromatic rings. The second kappa shape index (κ2) is 7.07. The van der Waals surface area contributed by atoms with Gasteiger partial charge < -0.3 is 15.3 Å². The standard InChI is InChI=1S/C15H13IN2O3/c1-20-13-8-4-10(5-9-13)14(17)18-21-15(19)11-2-6-12(16)7-3-11/h2-9H,1H3,(H2,17,18). The third kappa shape index (κ3) is 4.19. The fourth-order valence-electron chi connectivity index (χ4n) is 1.54. The van der Waals surface area contributed by atoms with E-state index in [1.165, 1.54) is 0 Å². The van der Waals surface area contributed by atoms with Crippen LogP contribution >= 0.6 is 22.6 Å². The van der Waals surface area contributed by atoms with E-state index in [1.54, 1.807) is 43.5 Å². The molecular formula is C15H13IN2O3. The van der Waals surface area contributed by atoms with Crippen molar-refractivity contribution < 1.29 is 14.4 Å². The van der Waals surface area contributed by atoms with E-state index >= 15 is 0 Å². The van der Waals surface area contributed by atoms with E-state index in [-0.39, 0.29) is 5.84 Å². The lowest BCUT2D eigenvalue weighted by atomic mass is 10.2. The van der Waals surface area contributed by atoms with Crippen molar-refractivity contribution >= 4 is 34.4 Å². The summed E-state index contributed by atoms with van der Waals surface area (Å²) in [4.78, 5) is 16.6. The first-order valence-electron chi connectivity index (χ1n) is 6.05. The Balaban J connectivity index is 2.05. The SMILES string of the molecule is COc1ccc(/C(N)=N\OC(=O)c2ccc(I)cc2)cc1. The molecule has 5 nitrogen and oxygen atoms in total. The molecule has 0 atom stereocenters. The second-order valence-electron chi connectivity index (χ2n) is 4.09. The van der Waals surface area contributed by atoms with Gasteiger partial charge in [0.05, 0.1) is 12.7 Å². The summed E-state index contributed by atoms with van der Waals surface area (Å²) >= 11 is 2.16. The van der Waals surface area contributed by atoms with E-state index in [9.17, 15) is 4.79 Å². The average molecular weight is 396 g/mol. The number of nitrogens with two attached hydrogens (primary N) is 1. The highest BCUT2D eigenvalue weighted by Crippen LogP contribution is 2.11. The number of halogens is 1. The van der Waals surface area contributed by atoms with Crippen LogP contribution in [0.25, 0.3) is 0 Å². The summed E-state index contributed by atoms with van der Waals surface area (Å²) in [5, 5.41) is 3.65. The maximum Gasteiger partial charge on any atom is 0.365 e. The molecule has 0 bridgehead atoms. The minimum atomic E-state index is -0.553. The lowest BCUT2D eigenvalue weighted by molar-refractivity contribution is 0.0516. The Morgan fingerprint density at radius 3 is 2.19 bits per heavy atom. The van der Waals surface area contributed by atoms with Crippen LogP contribution in [0, 0.1) is 3.57 Å². The Labute approximate surface area is 135 Å². The molecule has 0 saturated heterocycles. The number of benzene rings is 2. The molecule has 108 valence electrons. The molecule has 21 heavy (non-hydrogen) atoms. The summed E-state index contributed by atoms with van der Waals surface area (Å²) in [6.07, 6.45) is 0. The molecule has 0 unspecified atom stereocenters. The van der Waals surface area contributed by atoms with Crippen molar-refractivity contribution in [2.24, 2.45) is 10.9 Å². The molecule has 0 aliphatic heterocycles. The van der Waals surface area contributed by atoms with Crippen molar-refractivity contribution in [3.63, 3.8) is 0 Å². The first-order chi connectivity index (χ1) is 10.1. The van der Waals surface area contributed by atoms with Gasteiger partial charge in [0, 0.05) is 9.13 Å². The van der Waals surface area contributed by atoms with Crippen molar-refractivity contribution in [3.05, 3.63) is 63.2 Å². The van der Waals surface area contributed by atoms with Crippen LogP contribution in [0.3, 0.4) is 0 Å². The van der Waals surface area contributed by atoms with Gasteiger partial charge in [0.15, 0.2) is 5.84 Å². The van der Waals surface area contributed by atoms with Crippen molar-refractivity contribution in [2.45, 2.75) is 0 Å². The molecule has 0 saturated carbocycles. The van der Waals surface area contributed by atoms with Gasteiger partial charge in [0.1, 0.15) is 5.75 Å². The zero-order chi connectivity index (χ0) is 15.2. The molecule has 0 aliphatic carbocycles. The molecule has 0 heterocycles. The maximum atomic E-state index is 11.8. The third-order valence-electron chi connectivity index (χ3n) is 2.69.